The third-order valence-corrected chi connectivity index (χ3v) is 4.94. The smallest absolute Gasteiger partial charge is 0.230 e. The Hall–Kier alpha value is -2.59. The lowest BCUT2D eigenvalue weighted by molar-refractivity contribution is -0.123. The zero-order valence-corrected chi connectivity index (χ0v) is 14.4. The number of carbonyl (C=O) groups is 1. The molecule has 0 spiro atoms. The molecule has 4 nitrogen and oxygen atoms in total. The van der Waals surface area contributed by atoms with Crippen molar-refractivity contribution in [2.24, 2.45) is 0 Å². The maximum absolute atomic E-state index is 12.7. The van der Waals surface area contributed by atoms with Crippen molar-refractivity contribution in [2.45, 2.75) is 24.8 Å². The number of halogens is 1. The fraction of sp³-hybridized carbons (Fsp3) is 0.200. The SMILES string of the molecule is O=C(NCc1cnn(-c2ccccc2)c1)C1(c2ccc(Cl)cc2)CC1. The molecule has 0 atom stereocenters. The van der Waals surface area contributed by atoms with Gasteiger partial charge in [0.25, 0.3) is 0 Å². The summed E-state index contributed by atoms with van der Waals surface area (Å²) in [5.74, 6) is 0.0716. The second-order valence-corrected chi connectivity index (χ2v) is 6.84. The highest BCUT2D eigenvalue weighted by atomic mass is 35.5. The molecule has 25 heavy (non-hydrogen) atoms. The molecule has 5 heteroatoms. The monoisotopic (exact) mass is 351 g/mol. The van der Waals surface area contributed by atoms with Gasteiger partial charge in [-0.05, 0) is 42.7 Å². The minimum atomic E-state index is -0.389. The van der Waals surface area contributed by atoms with Crippen molar-refractivity contribution in [3.05, 3.63) is 83.1 Å². The molecule has 0 unspecified atom stereocenters. The highest BCUT2D eigenvalue weighted by Gasteiger charge is 2.51. The van der Waals surface area contributed by atoms with Crippen LogP contribution in [-0.4, -0.2) is 15.7 Å². The van der Waals surface area contributed by atoms with Crippen molar-refractivity contribution < 1.29 is 4.79 Å². The Kier molecular flexibility index (Phi) is 4.06. The molecule has 1 saturated carbocycles. The molecule has 1 N–H and O–H groups in total. The molecule has 3 aromatic rings. The van der Waals surface area contributed by atoms with E-state index >= 15 is 0 Å². The quantitative estimate of drug-likeness (QED) is 0.758. The molecule has 1 aliphatic rings. The number of benzene rings is 2. The van der Waals surface area contributed by atoms with Gasteiger partial charge in [0.1, 0.15) is 0 Å². The number of hydrogen-bond donors (Lipinski definition) is 1. The molecular weight excluding hydrogens is 334 g/mol. The summed E-state index contributed by atoms with van der Waals surface area (Å²) in [6.45, 7) is 0.473. The molecule has 2 aromatic carbocycles. The number of carbonyl (C=O) groups excluding carboxylic acids is 1. The summed E-state index contributed by atoms with van der Waals surface area (Å²) in [5.41, 5.74) is 2.62. The van der Waals surface area contributed by atoms with Gasteiger partial charge >= 0.3 is 0 Å². The summed E-state index contributed by atoms with van der Waals surface area (Å²) in [6.07, 6.45) is 5.49. The standard InChI is InChI=1S/C20H18ClN3O/c21-17-8-6-16(7-9-17)20(10-11-20)19(25)22-12-15-13-23-24(14-15)18-4-2-1-3-5-18/h1-9,13-14H,10-12H2,(H,22,25). The van der Waals surface area contributed by atoms with E-state index in [0.29, 0.717) is 11.6 Å². The number of hydrogen-bond acceptors (Lipinski definition) is 2. The lowest BCUT2D eigenvalue weighted by atomic mass is 9.95. The number of para-hydroxylation sites is 1. The van der Waals surface area contributed by atoms with Crippen LogP contribution in [0.2, 0.25) is 5.02 Å². The Morgan fingerprint density at radius 1 is 1.12 bits per heavy atom. The van der Waals surface area contributed by atoms with Gasteiger partial charge in [0.15, 0.2) is 0 Å². The molecule has 4 rings (SSSR count). The summed E-state index contributed by atoms with van der Waals surface area (Å²) < 4.78 is 1.81. The predicted octanol–water partition coefficient (Wildman–Crippen LogP) is 3.87. The van der Waals surface area contributed by atoms with E-state index < -0.39 is 0 Å². The molecule has 0 aliphatic heterocycles. The van der Waals surface area contributed by atoms with E-state index in [1.807, 2.05) is 65.5 Å². The fourth-order valence-electron chi connectivity index (χ4n) is 3.07. The van der Waals surface area contributed by atoms with Gasteiger partial charge in [0.2, 0.25) is 5.91 Å². The van der Waals surface area contributed by atoms with Gasteiger partial charge in [-0.15, -0.1) is 0 Å². The van der Waals surface area contributed by atoms with E-state index in [0.717, 1.165) is 29.7 Å². The van der Waals surface area contributed by atoms with Crippen LogP contribution in [0.5, 0.6) is 0 Å². The molecule has 1 heterocycles. The van der Waals surface area contributed by atoms with Crippen LogP contribution in [0.3, 0.4) is 0 Å². The normalized spacial score (nSPS) is 14.9. The first kappa shape index (κ1) is 15.9. The molecule has 1 aliphatic carbocycles. The Labute approximate surface area is 151 Å². The second kappa shape index (κ2) is 6.37. The molecule has 1 fully saturated rings. The predicted molar refractivity (Wildman–Crippen MR) is 97.8 cm³/mol. The molecular formula is C20H18ClN3O. The maximum atomic E-state index is 12.7. The van der Waals surface area contributed by atoms with Gasteiger partial charge in [-0.1, -0.05) is 41.9 Å². The van der Waals surface area contributed by atoms with Crippen LogP contribution in [0.4, 0.5) is 0 Å². The van der Waals surface area contributed by atoms with Crippen molar-refractivity contribution in [2.75, 3.05) is 0 Å². The third-order valence-electron chi connectivity index (χ3n) is 4.69. The zero-order valence-electron chi connectivity index (χ0n) is 13.7. The van der Waals surface area contributed by atoms with Gasteiger partial charge in [-0.2, -0.15) is 5.10 Å². The van der Waals surface area contributed by atoms with Gasteiger partial charge < -0.3 is 5.32 Å². The van der Waals surface area contributed by atoms with Gasteiger partial charge in [0, 0.05) is 23.3 Å². The van der Waals surface area contributed by atoms with E-state index in [2.05, 4.69) is 10.4 Å². The minimum absolute atomic E-state index is 0.0716. The average molecular weight is 352 g/mol. The van der Waals surface area contributed by atoms with Crippen LogP contribution in [0.15, 0.2) is 67.0 Å². The topological polar surface area (TPSA) is 46.9 Å². The lowest BCUT2D eigenvalue weighted by Gasteiger charge is -2.15. The van der Waals surface area contributed by atoms with Crippen LogP contribution in [-0.2, 0) is 16.8 Å². The summed E-state index contributed by atoms with van der Waals surface area (Å²) in [5, 5.41) is 8.10. The van der Waals surface area contributed by atoms with Crippen LogP contribution in [0, 0.1) is 0 Å². The summed E-state index contributed by atoms with van der Waals surface area (Å²) in [6, 6.07) is 17.5. The second-order valence-electron chi connectivity index (χ2n) is 6.40. The zero-order chi connectivity index (χ0) is 17.3. The molecule has 1 amide bonds. The van der Waals surface area contributed by atoms with Crippen LogP contribution >= 0.6 is 11.6 Å². The fourth-order valence-corrected chi connectivity index (χ4v) is 3.19. The largest absolute Gasteiger partial charge is 0.351 e. The van der Waals surface area contributed by atoms with E-state index in [1.54, 1.807) is 6.20 Å². The van der Waals surface area contributed by atoms with Crippen molar-refractivity contribution in [1.29, 1.82) is 0 Å². The van der Waals surface area contributed by atoms with Gasteiger partial charge in [0.05, 0.1) is 17.3 Å². The van der Waals surface area contributed by atoms with E-state index in [-0.39, 0.29) is 11.3 Å². The number of rotatable bonds is 5. The highest BCUT2D eigenvalue weighted by molar-refractivity contribution is 6.30. The lowest BCUT2D eigenvalue weighted by Crippen LogP contribution is -2.34. The Bertz CT molecular complexity index is 883. The summed E-state index contributed by atoms with van der Waals surface area (Å²) >= 11 is 5.95. The van der Waals surface area contributed by atoms with Crippen LogP contribution < -0.4 is 5.32 Å². The van der Waals surface area contributed by atoms with Crippen molar-refractivity contribution >= 4 is 17.5 Å². The molecule has 0 bridgehead atoms. The highest BCUT2D eigenvalue weighted by Crippen LogP contribution is 2.48. The average Bonchev–Trinajstić information content (AvgIpc) is 3.32. The van der Waals surface area contributed by atoms with E-state index in [1.165, 1.54) is 0 Å². The minimum Gasteiger partial charge on any atom is -0.351 e. The molecule has 1 aromatic heterocycles. The van der Waals surface area contributed by atoms with Crippen molar-refractivity contribution in [1.82, 2.24) is 15.1 Å². The molecule has 0 radical (unpaired) electrons. The number of nitrogens with one attached hydrogen (secondary N) is 1. The number of nitrogens with zero attached hydrogens (tertiary/aromatic N) is 2. The Morgan fingerprint density at radius 3 is 2.52 bits per heavy atom. The van der Waals surface area contributed by atoms with Crippen molar-refractivity contribution in [3.63, 3.8) is 0 Å². The van der Waals surface area contributed by atoms with Gasteiger partial charge in [-0.25, -0.2) is 4.68 Å². The van der Waals surface area contributed by atoms with Crippen molar-refractivity contribution in [3.8, 4) is 5.69 Å². The summed E-state index contributed by atoms with van der Waals surface area (Å²) in [7, 11) is 0. The van der Waals surface area contributed by atoms with Crippen LogP contribution in [0.1, 0.15) is 24.0 Å². The number of amides is 1. The molecule has 126 valence electrons. The van der Waals surface area contributed by atoms with Crippen LogP contribution in [0.25, 0.3) is 5.69 Å². The first-order valence-corrected chi connectivity index (χ1v) is 8.68. The number of aromatic nitrogens is 2. The maximum Gasteiger partial charge on any atom is 0.230 e. The third kappa shape index (κ3) is 3.17. The Balaban J connectivity index is 1.43. The van der Waals surface area contributed by atoms with E-state index in [4.69, 9.17) is 11.6 Å². The molecule has 0 saturated heterocycles. The Morgan fingerprint density at radius 2 is 1.84 bits per heavy atom. The first-order valence-electron chi connectivity index (χ1n) is 8.31. The van der Waals surface area contributed by atoms with E-state index in [9.17, 15) is 4.79 Å². The first-order chi connectivity index (χ1) is 12.2. The van der Waals surface area contributed by atoms with Gasteiger partial charge in [-0.3, -0.25) is 4.79 Å². The summed E-state index contributed by atoms with van der Waals surface area (Å²) in [4.78, 5) is 12.7.